The first kappa shape index (κ1) is 15.3. The summed E-state index contributed by atoms with van der Waals surface area (Å²) in [6, 6.07) is 3.37. The number of carbonyl (C=O) groups is 1. The zero-order valence-corrected chi connectivity index (χ0v) is 12.3. The molecule has 0 spiro atoms. The number of carbonyl (C=O) groups excluding carboxylic acids is 1. The summed E-state index contributed by atoms with van der Waals surface area (Å²) in [6.07, 6.45) is 1.47. The summed E-state index contributed by atoms with van der Waals surface area (Å²) >= 11 is 3.35. The molecule has 6 nitrogen and oxygen atoms in total. The molecule has 19 heavy (non-hydrogen) atoms. The summed E-state index contributed by atoms with van der Waals surface area (Å²) in [7, 11) is 1.50. The zero-order valence-electron chi connectivity index (χ0n) is 10.7. The third-order valence-corrected chi connectivity index (χ3v) is 2.83. The molecule has 104 valence electrons. The van der Waals surface area contributed by atoms with Crippen molar-refractivity contribution < 1.29 is 19.0 Å². The molecule has 0 aliphatic heterocycles. The number of hydrogen-bond acceptors (Lipinski definition) is 6. The largest absolute Gasteiger partial charge is 0.493 e. The Hall–Kier alpha value is -1.76. The van der Waals surface area contributed by atoms with Crippen LogP contribution in [0.3, 0.4) is 0 Å². The van der Waals surface area contributed by atoms with Gasteiger partial charge in [-0.25, -0.2) is 4.79 Å². The molecule has 0 saturated carbocycles. The highest BCUT2D eigenvalue weighted by Gasteiger charge is 2.11. The van der Waals surface area contributed by atoms with Crippen LogP contribution in [0.2, 0.25) is 0 Å². The lowest BCUT2D eigenvalue weighted by Gasteiger charge is -2.12. The highest BCUT2D eigenvalue weighted by Crippen LogP contribution is 2.32. The van der Waals surface area contributed by atoms with Gasteiger partial charge >= 0.3 is 5.97 Å². The Balaban J connectivity index is 2.88. The van der Waals surface area contributed by atoms with Gasteiger partial charge in [-0.3, -0.25) is 0 Å². The van der Waals surface area contributed by atoms with E-state index in [4.69, 9.17) is 20.1 Å². The van der Waals surface area contributed by atoms with Gasteiger partial charge in [0, 0.05) is 10.0 Å². The number of hydrazone groups is 1. The minimum Gasteiger partial charge on any atom is -0.493 e. The second-order valence-corrected chi connectivity index (χ2v) is 4.25. The number of nitrogens with two attached hydrogens (primary N) is 1. The van der Waals surface area contributed by atoms with E-state index < -0.39 is 5.97 Å². The first-order valence-corrected chi connectivity index (χ1v) is 6.30. The number of nitrogens with zero attached hydrogens (tertiary/aromatic N) is 1. The van der Waals surface area contributed by atoms with Crippen molar-refractivity contribution in [3.8, 4) is 11.5 Å². The first-order valence-electron chi connectivity index (χ1n) is 5.51. The number of esters is 1. The normalized spacial score (nSPS) is 10.5. The molecule has 0 aromatic heterocycles. The first-order chi connectivity index (χ1) is 9.12. The van der Waals surface area contributed by atoms with Crippen molar-refractivity contribution in [1.82, 2.24) is 0 Å². The minimum absolute atomic E-state index is 0.180. The Bertz CT molecular complexity index is 477. The predicted molar refractivity (Wildman–Crippen MR) is 74.6 cm³/mol. The van der Waals surface area contributed by atoms with Crippen LogP contribution in [0.5, 0.6) is 11.5 Å². The molecule has 1 aromatic rings. The summed E-state index contributed by atoms with van der Waals surface area (Å²) in [4.78, 5) is 11.2. The van der Waals surface area contributed by atoms with E-state index in [1.165, 1.54) is 13.3 Å². The second kappa shape index (κ2) is 7.63. The highest BCUT2D eigenvalue weighted by atomic mass is 79.9. The lowest BCUT2D eigenvalue weighted by Crippen LogP contribution is -2.15. The lowest BCUT2D eigenvalue weighted by atomic mass is 10.2. The van der Waals surface area contributed by atoms with Gasteiger partial charge in [-0.1, -0.05) is 0 Å². The van der Waals surface area contributed by atoms with Crippen molar-refractivity contribution in [2.75, 3.05) is 20.3 Å². The molecule has 0 saturated heterocycles. The van der Waals surface area contributed by atoms with E-state index in [0.717, 1.165) is 10.0 Å². The number of ether oxygens (including phenoxy) is 3. The summed E-state index contributed by atoms with van der Waals surface area (Å²) in [5.41, 5.74) is 0.739. The fraction of sp³-hybridized carbons (Fsp3) is 0.333. The summed E-state index contributed by atoms with van der Waals surface area (Å²) in [5.74, 6) is 5.57. The third kappa shape index (κ3) is 4.44. The Morgan fingerprint density at radius 3 is 2.79 bits per heavy atom. The third-order valence-electron chi connectivity index (χ3n) is 2.15. The smallest absolute Gasteiger partial charge is 0.344 e. The second-order valence-electron chi connectivity index (χ2n) is 3.40. The zero-order chi connectivity index (χ0) is 14.3. The monoisotopic (exact) mass is 330 g/mol. The number of methoxy groups -OCH3 is 1. The highest BCUT2D eigenvalue weighted by molar-refractivity contribution is 9.10. The van der Waals surface area contributed by atoms with Gasteiger partial charge in [0.15, 0.2) is 18.1 Å². The topological polar surface area (TPSA) is 83.1 Å². The van der Waals surface area contributed by atoms with Gasteiger partial charge in [-0.15, -0.1) is 0 Å². The fourth-order valence-electron chi connectivity index (χ4n) is 1.34. The fourth-order valence-corrected chi connectivity index (χ4v) is 1.77. The van der Waals surface area contributed by atoms with Crippen LogP contribution in [0.1, 0.15) is 12.5 Å². The van der Waals surface area contributed by atoms with E-state index in [2.05, 4.69) is 21.0 Å². The average Bonchev–Trinajstić information content (AvgIpc) is 2.39. The molecule has 2 N–H and O–H groups in total. The Labute approximate surface area is 119 Å². The lowest BCUT2D eigenvalue weighted by molar-refractivity contribution is -0.145. The summed E-state index contributed by atoms with van der Waals surface area (Å²) in [6.45, 7) is 1.87. The van der Waals surface area contributed by atoms with Crippen LogP contribution in [-0.4, -0.2) is 32.5 Å². The van der Waals surface area contributed by atoms with Crippen molar-refractivity contribution in [1.29, 1.82) is 0 Å². The van der Waals surface area contributed by atoms with Gasteiger partial charge in [0.05, 0.1) is 19.9 Å². The molecule has 0 aliphatic carbocycles. The molecule has 0 unspecified atom stereocenters. The molecule has 0 heterocycles. The van der Waals surface area contributed by atoms with Crippen LogP contribution in [0.25, 0.3) is 0 Å². The molecular formula is C12H15BrN2O4. The minimum atomic E-state index is -0.437. The van der Waals surface area contributed by atoms with Gasteiger partial charge in [0.2, 0.25) is 0 Å². The van der Waals surface area contributed by atoms with Gasteiger partial charge in [-0.2, -0.15) is 5.10 Å². The van der Waals surface area contributed by atoms with Gasteiger partial charge in [-0.05, 0) is 35.0 Å². The molecule has 7 heteroatoms. The molecule has 0 bridgehead atoms. The quantitative estimate of drug-likeness (QED) is 0.371. The summed E-state index contributed by atoms with van der Waals surface area (Å²) in [5, 5.41) is 3.44. The van der Waals surface area contributed by atoms with Crippen molar-refractivity contribution in [3.63, 3.8) is 0 Å². The van der Waals surface area contributed by atoms with Gasteiger partial charge in [0.25, 0.3) is 0 Å². The van der Waals surface area contributed by atoms with Crippen LogP contribution in [0.15, 0.2) is 21.7 Å². The van der Waals surface area contributed by atoms with Crippen molar-refractivity contribution >= 4 is 28.1 Å². The maximum absolute atomic E-state index is 11.2. The number of hydrogen-bond donors (Lipinski definition) is 1. The number of benzene rings is 1. The standard InChI is InChI=1S/C12H15BrN2O4/c1-3-18-12(16)7-19-11-5-9(13)8(6-15-14)4-10(11)17-2/h4-6H,3,7,14H2,1-2H3. The van der Waals surface area contributed by atoms with Crippen LogP contribution < -0.4 is 15.3 Å². The van der Waals surface area contributed by atoms with E-state index in [9.17, 15) is 4.79 Å². The van der Waals surface area contributed by atoms with Crippen LogP contribution in [-0.2, 0) is 9.53 Å². The molecule has 1 rings (SSSR count). The molecule has 0 aliphatic rings. The van der Waals surface area contributed by atoms with Gasteiger partial charge in [0.1, 0.15) is 0 Å². The molecule has 0 fully saturated rings. The Kier molecular flexibility index (Phi) is 6.14. The van der Waals surface area contributed by atoms with Gasteiger partial charge < -0.3 is 20.1 Å². The van der Waals surface area contributed by atoms with E-state index in [1.807, 2.05) is 0 Å². The van der Waals surface area contributed by atoms with Crippen molar-refractivity contribution in [2.24, 2.45) is 10.9 Å². The maximum Gasteiger partial charge on any atom is 0.344 e. The molecule has 0 amide bonds. The van der Waals surface area contributed by atoms with Crippen LogP contribution >= 0.6 is 15.9 Å². The van der Waals surface area contributed by atoms with Crippen LogP contribution in [0.4, 0.5) is 0 Å². The van der Waals surface area contributed by atoms with Crippen LogP contribution in [0, 0.1) is 0 Å². The SMILES string of the molecule is CCOC(=O)COc1cc(Br)c(C=NN)cc1OC. The Morgan fingerprint density at radius 2 is 2.21 bits per heavy atom. The average molecular weight is 331 g/mol. The molecule has 0 atom stereocenters. The van der Waals surface area contributed by atoms with Crippen molar-refractivity contribution in [3.05, 3.63) is 22.2 Å². The molecule has 0 radical (unpaired) electrons. The summed E-state index contributed by atoms with van der Waals surface area (Å²) < 4.78 is 16.0. The predicted octanol–water partition coefficient (Wildman–Crippen LogP) is 1.69. The van der Waals surface area contributed by atoms with E-state index >= 15 is 0 Å². The van der Waals surface area contributed by atoms with E-state index in [0.29, 0.717) is 18.1 Å². The Morgan fingerprint density at radius 1 is 1.47 bits per heavy atom. The van der Waals surface area contributed by atoms with Crippen molar-refractivity contribution in [2.45, 2.75) is 6.92 Å². The number of halogens is 1. The maximum atomic E-state index is 11.2. The van der Waals surface area contributed by atoms with E-state index in [1.54, 1.807) is 19.1 Å². The number of rotatable bonds is 6. The molecular weight excluding hydrogens is 316 g/mol. The molecule has 1 aromatic carbocycles. The van der Waals surface area contributed by atoms with E-state index in [-0.39, 0.29) is 6.61 Å².